The predicted molar refractivity (Wildman–Crippen MR) is 143 cm³/mol. The molecule has 1 heterocycles. The van der Waals surface area contributed by atoms with Gasteiger partial charge in [0.15, 0.2) is 16.6 Å². The highest BCUT2D eigenvalue weighted by Gasteiger charge is 2.14. The number of rotatable bonds is 9. The van der Waals surface area contributed by atoms with Gasteiger partial charge in [-0.25, -0.2) is 4.98 Å². The molecule has 0 saturated carbocycles. The Bertz CT molecular complexity index is 1510. The van der Waals surface area contributed by atoms with E-state index in [1.54, 1.807) is 30.3 Å². The third-order valence-corrected chi connectivity index (χ3v) is 6.02. The van der Waals surface area contributed by atoms with Crippen molar-refractivity contribution in [3.05, 3.63) is 100 Å². The van der Waals surface area contributed by atoms with Crippen molar-refractivity contribution in [2.45, 2.75) is 13.5 Å². The first-order chi connectivity index (χ1) is 18.1. The zero-order valence-corrected chi connectivity index (χ0v) is 20.8. The standard InChI is InChI=1S/C29H22N4O3S/c1-2-35-27-15-20(12-13-26(27)36-18-23-11-7-6-10-22(23)16-30)14-24(17-31)28(34)33-29-32-25(19-37-29)21-8-4-3-5-9-21/h3-15,19H,2,18H2,1H3,(H,32,33,34). The van der Waals surface area contributed by atoms with Crippen LogP contribution in [0.5, 0.6) is 11.5 Å². The first-order valence-corrected chi connectivity index (χ1v) is 12.3. The van der Waals surface area contributed by atoms with Crippen LogP contribution in [0, 0.1) is 22.7 Å². The summed E-state index contributed by atoms with van der Waals surface area (Å²) in [4.78, 5) is 17.2. The van der Waals surface area contributed by atoms with Gasteiger partial charge in [-0.2, -0.15) is 10.5 Å². The molecule has 1 aromatic heterocycles. The molecule has 7 nitrogen and oxygen atoms in total. The summed E-state index contributed by atoms with van der Waals surface area (Å²) in [7, 11) is 0. The van der Waals surface area contributed by atoms with Crippen molar-refractivity contribution >= 4 is 28.5 Å². The first-order valence-electron chi connectivity index (χ1n) is 11.4. The molecule has 0 spiro atoms. The fraction of sp³-hybridized carbons (Fsp3) is 0.103. The van der Waals surface area contributed by atoms with Crippen molar-refractivity contribution < 1.29 is 14.3 Å². The number of anilines is 1. The van der Waals surface area contributed by atoms with Crippen LogP contribution < -0.4 is 14.8 Å². The molecule has 0 aliphatic rings. The molecule has 37 heavy (non-hydrogen) atoms. The van der Waals surface area contributed by atoms with Crippen LogP contribution in [0.2, 0.25) is 0 Å². The number of carbonyl (C=O) groups is 1. The van der Waals surface area contributed by atoms with E-state index >= 15 is 0 Å². The number of benzene rings is 3. The monoisotopic (exact) mass is 506 g/mol. The van der Waals surface area contributed by atoms with Gasteiger partial charge in [-0.05, 0) is 36.8 Å². The van der Waals surface area contributed by atoms with E-state index in [0.29, 0.717) is 34.4 Å². The van der Waals surface area contributed by atoms with E-state index in [0.717, 1.165) is 16.8 Å². The zero-order chi connectivity index (χ0) is 26.0. The lowest BCUT2D eigenvalue weighted by Crippen LogP contribution is -2.13. The Morgan fingerprint density at radius 1 is 1.03 bits per heavy atom. The summed E-state index contributed by atoms with van der Waals surface area (Å²) >= 11 is 1.29. The number of ether oxygens (including phenoxy) is 2. The lowest BCUT2D eigenvalue weighted by molar-refractivity contribution is -0.112. The number of hydrogen-bond donors (Lipinski definition) is 1. The summed E-state index contributed by atoms with van der Waals surface area (Å²) in [6.45, 7) is 2.45. The average molecular weight is 507 g/mol. The predicted octanol–water partition coefficient (Wildman–Crippen LogP) is 6.21. The molecule has 4 rings (SSSR count). The molecule has 3 aromatic carbocycles. The molecular weight excluding hydrogens is 484 g/mol. The Labute approximate surface area is 218 Å². The lowest BCUT2D eigenvalue weighted by atomic mass is 10.1. The molecular formula is C29H22N4O3S. The minimum Gasteiger partial charge on any atom is -0.490 e. The first kappa shape index (κ1) is 25.2. The van der Waals surface area contributed by atoms with E-state index in [-0.39, 0.29) is 12.2 Å². The van der Waals surface area contributed by atoms with E-state index in [1.807, 2.05) is 60.8 Å². The number of thiazole rings is 1. The third-order valence-electron chi connectivity index (χ3n) is 5.26. The van der Waals surface area contributed by atoms with Gasteiger partial charge in [0.25, 0.3) is 5.91 Å². The van der Waals surface area contributed by atoms with Gasteiger partial charge >= 0.3 is 0 Å². The van der Waals surface area contributed by atoms with Gasteiger partial charge in [-0.3, -0.25) is 10.1 Å². The summed E-state index contributed by atoms with van der Waals surface area (Å²) in [5.41, 5.74) is 3.52. The second-order valence-electron chi connectivity index (χ2n) is 7.72. The fourth-order valence-electron chi connectivity index (χ4n) is 3.47. The largest absolute Gasteiger partial charge is 0.490 e. The summed E-state index contributed by atoms with van der Waals surface area (Å²) < 4.78 is 11.6. The van der Waals surface area contributed by atoms with Crippen LogP contribution >= 0.6 is 11.3 Å². The average Bonchev–Trinajstić information content (AvgIpc) is 3.40. The maximum Gasteiger partial charge on any atom is 0.268 e. The van der Waals surface area contributed by atoms with Crippen molar-refractivity contribution in [1.29, 1.82) is 10.5 Å². The van der Waals surface area contributed by atoms with E-state index in [2.05, 4.69) is 16.4 Å². The van der Waals surface area contributed by atoms with Gasteiger partial charge in [0.05, 0.1) is 23.9 Å². The number of nitrogens with zero attached hydrogens (tertiary/aromatic N) is 3. The van der Waals surface area contributed by atoms with E-state index < -0.39 is 5.91 Å². The van der Waals surface area contributed by atoms with Crippen LogP contribution in [0.1, 0.15) is 23.6 Å². The molecule has 0 saturated heterocycles. The molecule has 182 valence electrons. The molecule has 4 aromatic rings. The quantitative estimate of drug-likeness (QED) is 0.214. The normalized spacial score (nSPS) is 10.7. The summed E-state index contributed by atoms with van der Waals surface area (Å²) in [6, 6.07) is 26.1. The molecule has 0 aliphatic carbocycles. The van der Waals surface area contributed by atoms with Crippen LogP contribution in [0.4, 0.5) is 5.13 Å². The van der Waals surface area contributed by atoms with Crippen LogP contribution in [-0.2, 0) is 11.4 Å². The second-order valence-corrected chi connectivity index (χ2v) is 8.58. The minimum absolute atomic E-state index is 0.0736. The molecule has 0 fully saturated rings. The van der Waals surface area contributed by atoms with Crippen molar-refractivity contribution in [2.24, 2.45) is 0 Å². The maximum atomic E-state index is 12.8. The SMILES string of the molecule is CCOc1cc(C=C(C#N)C(=O)Nc2nc(-c3ccccc3)cs2)ccc1OCc1ccccc1C#N. The number of nitrogens with one attached hydrogen (secondary N) is 1. The molecule has 0 bridgehead atoms. The van der Waals surface area contributed by atoms with Gasteiger partial charge in [0.1, 0.15) is 18.2 Å². The summed E-state index contributed by atoms with van der Waals surface area (Å²) in [5.74, 6) is 0.407. The topological polar surface area (TPSA) is 108 Å². The van der Waals surface area contributed by atoms with Crippen LogP contribution in [-0.4, -0.2) is 17.5 Å². The molecule has 0 atom stereocenters. The van der Waals surface area contributed by atoms with Crippen LogP contribution in [0.15, 0.2) is 83.7 Å². The Kier molecular flexibility index (Phi) is 8.28. The Morgan fingerprint density at radius 2 is 1.81 bits per heavy atom. The highest BCUT2D eigenvalue weighted by Crippen LogP contribution is 2.31. The molecule has 0 unspecified atom stereocenters. The number of hydrogen-bond acceptors (Lipinski definition) is 7. The lowest BCUT2D eigenvalue weighted by Gasteiger charge is -2.13. The number of aromatic nitrogens is 1. The number of nitriles is 2. The van der Waals surface area contributed by atoms with Gasteiger partial charge in [0, 0.05) is 16.5 Å². The Morgan fingerprint density at radius 3 is 2.57 bits per heavy atom. The zero-order valence-electron chi connectivity index (χ0n) is 20.0. The minimum atomic E-state index is -0.553. The van der Waals surface area contributed by atoms with Crippen LogP contribution in [0.3, 0.4) is 0 Å². The molecule has 0 aliphatic heterocycles. The number of carbonyl (C=O) groups excluding carboxylic acids is 1. The maximum absolute atomic E-state index is 12.8. The van der Waals surface area contributed by atoms with Crippen molar-refractivity contribution in [1.82, 2.24) is 4.98 Å². The fourth-order valence-corrected chi connectivity index (χ4v) is 4.18. The highest BCUT2D eigenvalue weighted by molar-refractivity contribution is 7.14. The highest BCUT2D eigenvalue weighted by atomic mass is 32.1. The van der Waals surface area contributed by atoms with Crippen molar-refractivity contribution in [3.63, 3.8) is 0 Å². The van der Waals surface area contributed by atoms with Crippen LogP contribution in [0.25, 0.3) is 17.3 Å². The number of amides is 1. The Balaban J connectivity index is 1.49. The molecule has 1 amide bonds. The van der Waals surface area contributed by atoms with Gasteiger partial charge < -0.3 is 9.47 Å². The third kappa shape index (κ3) is 6.40. The van der Waals surface area contributed by atoms with E-state index in [4.69, 9.17) is 9.47 Å². The van der Waals surface area contributed by atoms with E-state index in [1.165, 1.54) is 17.4 Å². The van der Waals surface area contributed by atoms with Crippen molar-refractivity contribution in [3.8, 4) is 34.9 Å². The van der Waals surface area contributed by atoms with Gasteiger partial charge in [-0.1, -0.05) is 54.6 Å². The van der Waals surface area contributed by atoms with Gasteiger partial charge in [0.2, 0.25) is 0 Å². The van der Waals surface area contributed by atoms with Gasteiger partial charge in [-0.15, -0.1) is 11.3 Å². The van der Waals surface area contributed by atoms with Crippen molar-refractivity contribution in [2.75, 3.05) is 11.9 Å². The molecule has 1 N–H and O–H groups in total. The molecule has 8 heteroatoms. The molecule has 0 radical (unpaired) electrons. The Hall–Kier alpha value is -4.92. The second kappa shape index (κ2) is 12.2. The smallest absolute Gasteiger partial charge is 0.268 e. The van der Waals surface area contributed by atoms with E-state index in [9.17, 15) is 15.3 Å². The summed E-state index contributed by atoms with van der Waals surface area (Å²) in [5, 5.41) is 23.9. The summed E-state index contributed by atoms with van der Waals surface area (Å²) in [6.07, 6.45) is 1.48.